The summed E-state index contributed by atoms with van der Waals surface area (Å²) in [7, 11) is 0. The fourth-order valence-electron chi connectivity index (χ4n) is 2.03. The van der Waals surface area contributed by atoms with Crippen molar-refractivity contribution in [2.24, 2.45) is 5.84 Å². The molecule has 18 heavy (non-hydrogen) atoms. The van der Waals surface area contributed by atoms with Gasteiger partial charge in [-0.05, 0) is 24.5 Å². The molecule has 0 aliphatic rings. The summed E-state index contributed by atoms with van der Waals surface area (Å²) in [5.41, 5.74) is 3.07. The average molecular weight is 256 g/mol. The lowest BCUT2D eigenvalue weighted by Gasteiger charge is -2.16. The Morgan fingerprint density at radius 2 is 2.00 bits per heavy atom. The molecular formula is C14H22F2N2. The normalized spacial score (nSPS) is 12.7. The first-order chi connectivity index (χ1) is 8.69. The maximum atomic E-state index is 13.5. The second-order valence-electron chi connectivity index (χ2n) is 4.63. The smallest absolute Gasteiger partial charge is 0.162 e. The van der Waals surface area contributed by atoms with Gasteiger partial charge in [-0.25, -0.2) is 8.78 Å². The maximum absolute atomic E-state index is 13.5. The van der Waals surface area contributed by atoms with E-state index in [2.05, 4.69) is 12.3 Å². The first-order valence-electron chi connectivity index (χ1n) is 6.58. The Morgan fingerprint density at radius 3 is 2.67 bits per heavy atom. The van der Waals surface area contributed by atoms with Crippen molar-refractivity contribution in [3.05, 3.63) is 35.4 Å². The van der Waals surface area contributed by atoms with Crippen LogP contribution in [0.5, 0.6) is 0 Å². The number of hydrogen-bond donors (Lipinski definition) is 2. The van der Waals surface area contributed by atoms with Crippen molar-refractivity contribution in [1.29, 1.82) is 0 Å². The molecule has 0 heterocycles. The van der Waals surface area contributed by atoms with Gasteiger partial charge in [0.2, 0.25) is 0 Å². The summed E-state index contributed by atoms with van der Waals surface area (Å²) in [6.07, 6.45) is 5.89. The highest BCUT2D eigenvalue weighted by Gasteiger charge is 2.13. The van der Waals surface area contributed by atoms with Crippen LogP contribution in [0.15, 0.2) is 18.2 Å². The topological polar surface area (TPSA) is 38.0 Å². The molecular weight excluding hydrogens is 234 g/mol. The third-order valence-corrected chi connectivity index (χ3v) is 3.14. The third kappa shape index (κ3) is 4.70. The van der Waals surface area contributed by atoms with E-state index in [0.29, 0.717) is 12.0 Å². The Hall–Kier alpha value is -1.00. The second-order valence-corrected chi connectivity index (χ2v) is 4.63. The van der Waals surface area contributed by atoms with Gasteiger partial charge in [-0.1, -0.05) is 44.7 Å². The molecule has 0 spiro atoms. The molecule has 1 unspecified atom stereocenters. The van der Waals surface area contributed by atoms with Crippen LogP contribution < -0.4 is 11.3 Å². The maximum Gasteiger partial charge on any atom is 0.162 e. The zero-order chi connectivity index (χ0) is 13.4. The molecule has 1 aromatic carbocycles. The quantitative estimate of drug-likeness (QED) is 0.425. The average Bonchev–Trinajstić information content (AvgIpc) is 2.38. The summed E-state index contributed by atoms with van der Waals surface area (Å²) in [5.74, 6) is 3.90. The molecule has 0 saturated heterocycles. The van der Waals surface area contributed by atoms with Gasteiger partial charge in [-0.15, -0.1) is 0 Å². The van der Waals surface area contributed by atoms with E-state index in [1.807, 2.05) is 0 Å². The summed E-state index contributed by atoms with van der Waals surface area (Å²) >= 11 is 0. The van der Waals surface area contributed by atoms with Gasteiger partial charge in [-0.2, -0.15) is 0 Å². The highest BCUT2D eigenvalue weighted by molar-refractivity contribution is 5.19. The number of nitrogens with two attached hydrogens (primary N) is 1. The van der Waals surface area contributed by atoms with Crippen molar-refractivity contribution in [2.75, 3.05) is 0 Å². The summed E-state index contributed by atoms with van der Waals surface area (Å²) < 4.78 is 26.6. The van der Waals surface area contributed by atoms with Crippen LogP contribution in [0, 0.1) is 11.6 Å². The number of rotatable bonds is 8. The highest BCUT2D eigenvalue weighted by atomic mass is 19.2. The van der Waals surface area contributed by atoms with E-state index in [9.17, 15) is 8.78 Å². The lowest BCUT2D eigenvalue weighted by molar-refractivity contribution is 0.444. The minimum absolute atomic E-state index is 0.00171. The number of nitrogens with one attached hydrogen (secondary N) is 1. The molecule has 1 rings (SSSR count). The second kappa shape index (κ2) is 8.16. The zero-order valence-electron chi connectivity index (χ0n) is 10.9. The van der Waals surface area contributed by atoms with Crippen molar-refractivity contribution < 1.29 is 8.78 Å². The van der Waals surface area contributed by atoms with Gasteiger partial charge in [0.25, 0.3) is 0 Å². The number of hydrogen-bond acceptors (Lipinski definition) is 2. The van der Waals surface area contributed by atoms with Crippen LogP contribution in [0.1, 0.15) is 44.6 Å². The van der Waals surface area contributed by atoms with E-state index in [1.165, 1.54) is 18.9 Å². The molecule has 1 aromatic rings. The van der Waals surface area contributed by atoms with Crippen LogP contribution in [0.4, 0.5) is 8.78 Å². The molecule has 0 bridgehead atoms. The van der Waals surface area contributed by atoms with E-state index in [-0.39, 0.29) is 6.04 Å². The number of benzene rings is 1. The molecule has 0 aromatic heterocycles. The molecule has 3 N–H and O–H groups in total. The van der Waals surface area contributed by atoms with Crippen LogP contribution >= 0.6 is 0 Å². The highest BCUT2D eigenvalue weighted by Crippen LogP contribution is 2.15. The van der Waals surface area contributed by atoms with Gasteiger partial charge in [-0.3, -0.25) is 11.3 Å². The monoisotopic (exact) mass is 256 g/mol. The molecule has 0 amide bonds. The van der Waals surface area contributed by atoms with Crippen molar-refractivity contribution in [2.45, 2.75) is 51.5 Å². The van der Waals surface area contributed by atoms with Crippen molar-refractivity contribution >= 4 is 0 Å². The van der Waals surface area contributed by atoms with Crippen LogP contribution in [0.2, 0.25) is 0 Å². The lowest BCUT2D eigenvalue weighted by Crippen LogP contribution is -2.37. The molecule has 0 radical (unpaired) electrons. The van der Waals surface area contributed by atoms with Crippen LogP contribution in [-0.4, -0.2) is 6.04 Å². The molecule has 0 aliphatic carbocycles. The van der Waals surface area contributed by atoms with Gasteiger partial charge in [0.15, 0.2) is 11.6 Å². The summed E-state index contributed by atoms with van der Waals surface area (Å²) in [6, 6.07) is 4.26. The van der Waals surface area contributed by atoms with Gasteiger partial charge < -0.3 is 0 Å². The fraction of sp³-hybridized carbons (Fsp3) is 0.571. The predicted molar refractivity (Wildman–Crippen MR) is 69.9 cm³/mol. The van der Waals surface area contributed by atoms with E-state index >= 15 is 0 Å². The van der Waals surface area contributed by atoms with E-state index in [1.54, 1.807) is 6.07 Å². The Labute approximate surface area is 108 Å². The summed E-state index contributed by atoms with van der Waals surface area (Å²) in [6.45, 7) is 2.15. The SMILES string of the molecule is CCCCCCC(Cc1cccc(F)c1F)NN. The van der Waals surface area contributed by atoms with E-state index in [4.69, 9.17) is 5.84 Å². The first kappa shape index (κ1) is 15.1. The van der Waals surface area contributed by atoms with Gasteiger partial charge in [0.05, 0.1) is 0 Å². The molecule has 1 atom stereocenters. The number of unbranched alkanes of at least 4 members (excludes halogenated alkanes) is 3. The van der Waals surface area contributed by atoms with Gasteiger partial charge in [0.1, 0.15) is 0 Å². The van der Waals surface area contributed by atoms with Crippen molar-refractivity contribution in [1.82, 2.24) is 5.43 Å². The lowest BCUT2D eigenvalue weighted by atomic mass is 10.00. The Balaban J connectivity index is 2.49. The Morgan fingerprint density at radius 1 is 1.22 bits per heavy atom. The van der Waals surface area contributed by atoms with E-state index in [0.717, 1.165) is 25.3 Å². The largest absolute Gasteiger partial charge is 0.271 e. The number of hydrazine groups is 1. The third-order valence-electron chi connectivity index (χ3n) is 3.14. The number of halogens is 2. The minimum Gasteiger partial charge on any atom is -0.271 e. The Kier molecular flexibility index (Phi) is 6.83. The van der Waals surface area contributed by atoms with Crippen LogP contribution in [0.25, 0.3) is 0 Å². The first-order valence-corrected chi connectivity index (χ1v) is 6.58. The molecule has 4 heteroatoms. The molecule has 2 nitrogen and oxygen atoms in total. The molecule has 0 saturated carbocycles. The standard InChI is InChI=1S/C14H22F2N2/c1-2-3-4-5-8-12(18-17)10-11-7-6-9-13(15)14(11)16/h6-7,9,12,18H,2-5,8,10,17H2,1H3. The van der Waals surface area contributed by atoms with E-state index < -0.39 is 11.6 Å². The minimum atomic E-state index is -0.797. The van der Waals surface area contributed by atoms with Crippen LogP contribution in [-0.2, 0) is 6.42 Å². The van der Waals surface area contributed by atoms with Crippen LogP contribution in [0.3, 0.4) is 0 Å². The molecule has 0 aliphatic heterocycles. The summed E-state index contributed by atoms with van der Waals surface area (Å²) in [4.78, 5) is 0. The molecule has 0 fully saturated rings. The fourth-order valence-corrected chi connectivity index (χ4v) is 2.03. The van der Waals surface area contributed by atoms with Gasteiger partial charge >= 0.3 is 0 Å². The van der Waals surface area contributed by atoms with Crippen molar-refractivity contribution in [3.63, 3.8) is 0 Å². The molecule has 102 valence electrons. The zero-order valence-corrected chi connectivity index (χ0v) is 10.9. The summed E-state index contributed by atoms with van der Waals surface area (Å²) in [5, 5.41) is 0. The predicted octanol–water partition coefficient (Wildman–Crippen LogP) is 3.31. The van der Waals surface area contributed by atoms with Gasteiger partial charge in [0, 0.05) is 6.04 Å². The Bertz CT molecular complexity index is 356. The van der Waals surface area contributed by atoms with Crippen molar-refractivity contribution in [3.8, 4) is 0 Å².